The zero-order valence-electron chi connectivity index (χ0n) is 9.79. The standard InChI is InChI=1S/C6H15N.C4H11NO2/c1-4-7(5-2)6-3;6-3-1-5-2-4-7/h4-6H2,1-3H3;5-7H,1-4H2. The van der Waals surface area contributed by atoms with E-state index in [0.717, 1.165) is 0 Å². The Morgan fingerprint density at radius 1 is 0.857 bits per heavy atom. The Labute approximate surface area is 87.9 Å². The summed E-state index contributed by atoms with van der Waals surface area (Å²) < 4.78 is 0. The van der Waals surface area contributed by atoms with E-state index >= 15 is 0 Å². The average molecular weight is 206 g/mol. The molecule has 0 aromatic heterocycles. The first-order chi connectivity index (χ1) is 6.76. The first-order valence-corrected chi connectivity index (χ1v) is 5.41. The van der Waals surface area contributed by atoms with Gasteiger partial charge in [-0.15, -0.1) is 0 Å². The van der Waals surface area contributed by atoms with Crippen molar-refractivity contribution in [3.63, 3.8) is 0 Å². The van der Waals surface area contributed by atoms with Crippen LogP contribution >= 0.6 is 0 Å². The number of aliphatic hydroxyl groups is 2. The molecule has 0 aliphatic heterocycles. The van der Waals surface area contributed by atoms with E-state index in [1.165, 1.54) is 19.6 Å². The first kappa shape index (κ1) is 16.3. The van der Waals surface area contributed by atoms with Gasteiger partial charge in [0.15, 0.2) is 0 Å². The molecule has 0 aromatic rings. The molecular weight excluding hydrogens is 180 g/mol. The molecule has 0 fully saturated rings. The minimum Gasteiger partial charge on any atom is -0.395 e. The number of hydrogen-bond acceptors (Lipinski definition) is 4. The molecule has 0 rings (SSSR count). The highest BCUT2D eigenvalue weighted by Gasteiger charge is 1.89. The number of aliphatic hydroxyl groups excluding tert-OH is 2. The molecule has 0 aliphatic carbocycles. The summed E-state index contributed by atoms with van der Waals surface area (Å²) in [5.41, 5.74) is 0. The van der Waals surface area contributed by atoms with Crippen LogP contribution in [0.2, 0.25) is 0 Å². The van der Waals surface area contributed by atoms with Gasteiger partial charge in [0.1, 0.15) is 0 Å². The number of rotatable bonds is 7. The van der Waals surface area contributed by atoms with E-state index in [1.807, 2.05) is 0 Å². The van der Waals surface area contributed by atoms with Gasteiger partial charge in [-0.1, -0.05) is 20.8 Å². The average Bonchev–Trinajstić information content (AvgIpc) is 2.22. The van der Waals surface area contributed by atoms with E-state index in [0.29, 0.717) is 13.1 Å². The molecule has 0 spiro atoms. The molecule has 4 nitrogen and oxygen atoms in total. The summed E-state index contributed by atoms with van der Waals surface area (Å²) in [5.74, 6) is 0. The Morgan fingerprint density at radius 2 is 1.21 bits per heavy atom. The summed E-state index contributed by atoms with van der Waals surface area (Å²) in [5, 5.41) is 19.1. The van der Waals surface area contributed by atoms with Gasteiger partial charge in [-0.25, -0.2) is 0 Å². The van der Waals surface area contributed by atoms with Crippen LogP contribution in [-0.4, -0.2) is 61.1 Å². The van der Waals surface area contributed by atoms with Gasteiger partial charge in [-0.05, 0) is 19.6 Å². The van der Waals surface area contributed by atoms with Crippen molar-refractivity contribution in [1.29, 1.82) is 0 Å². The maximum atomic E-state index is 8.15. The molecule has 88 valence electrons. The van der Waals surface area contributed by atoms with Crippen LogP contribution < -0.4 is 5.32 Å². The fraction of sp³-hybridized carbons (Fsp3) is 1.00. The predicted octanol–water partition coefficient (Wildman–Crippen LogP) is -0.0913. The van der Waals surface area contributed by atoms with E-state index in [-0.39, 0.29) is 13.2 Å². The molecule has 0 saturated carbocycles. The lowest BCUT2D eigenvalue weighted by Crippen LogP contribution is -2.21. The quantitative estimate of drug-likeness (QED) is 0.510. The van der Waals surface area contributed by atoms with E-state index < -0.39 is 0 Å². The van der Waals surface area contributed by atoms with Gasteiger partial charge in [-0.3, -0.25) is 0 Å². The maximum absolute atomic E-state index is 8.15. The van der Waals surface area contributed by atoms with E-state index in [9.17, 15) is 0 Å². The molecular formula is C10H26N2O2. The molecule has 0 amide bonds. The number of hydrogen-bond donors (Lipinski definition) is 3. The van der Waals surface area contributed by atoms with Crippen LogP contribution in [-0.2, 0) is 0 Å². The van der Waals surface area contributed by atoms with E-state index in [1.54, 1.807) is 0 Å². The highest BCUT2D eigenvalue weighted by atomic mass is 16.3. The van der Waals surface area contributed by atoms with Crippen molar-refractivity contribution in [2.75, 3.05) is 45.9 Å². The van der Waals surface area contributed by atoms with Crippen LogP contribution in [0.1, 0.15) is 20.8 Å². The van der Waals surface area contributed by atoms with Crippen molar-refractivity contribution in [1.82, 2.24) is 10.2 Å². The van der Waals surface area contributed by atoms with Gasteiger partial charge in [0.05, 0.1) is 13.2 Å². The molecule has 0 saturated heterocycles. The van der Waals surface area contributed by atoms with Crippen LogP contribution in [0.5, 0.6) is 0 Å². The second kappa shape index (κ2) is 15.3. The molecule has 0 heterocycles. The Morgan fingerprint density at radius 3 is 1.36 bits per heavy atom. The maximum Gasteiger partial charge on any atom is 0.0555 e. The highest BCUT2D eigenvalue weighted by Crippen LogP contribution is 1.81. The minimum atomic E-state index is 0.139. The SMILES string of the molecule is CCN(CC)CC.OCCNCCO. The van der Waals surface area contributed by atoms with Crippen molar-refractivity contribution in [2.45, 2.75) is 20.8 Å². The lowest BCUT2D eigenvalue weighted by Gasteiger charge is -2.13. The molecule has 0 bridgehead atoms. The summed E-state index contributed by atoms with van der Waals surface area (Å²) in [6.45, 7) is 11.5. The van der Waals surface area contributed by atoms with Crippen molar-refractivity contribution in [3.8, 4) is 0 Å². The second-order valence-electron chi connectivity index (χ2n) is 2.82. The molecule has 0 unspecified atom stereocenters. The summed E-state index contributed by atoms with van der Waals surface area (Å²) in [6, 6.07) is 0. The van der Waals surface area contributed by atoms with Gasteiger partial charge in [0.2, 0.25) is 0 Å². The van der Waals surface area contributed by atoms with Crippen LogP contribution in [0, 0.1) is 0 Å². The van der Waals surface area contributed by atoms with Gasteiger partial charge >= 0.3 is 0 Å². The van der Waals surface area contributed by atoms with Crippen molar-refractivity contribution in [3.05, 3.63) is 0 Å². The Bertz CT molecular complexity index is 78.7. The molecule has 3 N–H and O–H groups in total. The molecule has 0 aliphatic rings. The third-order valence-corrected chi connectivity index (χ3v) is 1.92. The fourth-order valence-electron chi connectivity index (χ4n) is 0.954. The summed E-state index contributed by atoms with van der Waals surface area (Å²) in [4.78, 5) is 2.38. The number of nitrogens with one attached hydrogen (secondary N) is 1. The topological polar surface area (TPSA) is 55.7 Å². The monoisotopic (exact) mass is 206 g/mol. The summed E-state index contributed by atoms with van der Waals surface area (Å²) in [7, 11) is 0. The summed E-state index contributed by atoms with van der Waals surface area (Å²) in [6.07, 6.45) is 0. The van der Waals surface area contributed by atoms with Gasteiger partial charge in [0, 0.05) is 13.1 Å². The lowest BCUT2D eigenvalue weighted by atomic mass is 10.5. The highest BCUT2D eigenvalue weighted by molar-refractivity contribution is 4.43. The zero-order valence-corrected chi connectivity index (χ0v) is 9.79. The van der Waals surface area contributed by atoms with Crippen molar-refractivity contribution in [2.24, 2.45) is 0 Å². The van der Waals surface area contributed by atoms with Crippen molar-refractivity contribution >= 4 is 0 Å². The Kier molecular flexibility index (Phi) is 17.8. The van der Waals surface area contributed by atoms with E-state index in [4.69, 9.17) is 10.2 Å². The first-order valence-electron chi connectivity index (χ1n) is 5.41. The Hall–Kier alpha value is -0.160. The van der Waals surface area contributed by atoms with Gasteiger partial charge in [0.25, 0.3) is 0 Å². The third-order valence-electron chi connectivity index (χ3n) is 1.92. The smallest absolute Gasteiger partial charge is 0.0555 e. The molecule has 0 atom stereocenters. The third kappa shape index (κ3) is 14.4. The van der Waals surface area contributed by atoms with Crippen LogP contribution in [0.4, 0.5) is 0 Å². The van der Waals surface area contributed by atoms with Crippen molar-refractivity contribution < 1.29 is 10.2 Å². The van der Waals surface area contributed by atoms with Crippen LogP contribution in [0.3, 0.4) is 0 Å². The normalized spacial score (nSPS) is 9.86. The molecule has 0 aromatic carbocycles. The predicted molar refractivity (Wildman–Crippen MR) is 60.5 cm³/mol. The van der Waals surface area contributed by atoms with Crippen LogP contribution in [0.15, 0.2) is 0 Å². The number of nitrogens with zero attached hydrogens (tertiary/aromatic N) is 1. The largest absolute Gasteiger partial charge is 0.395 e. The summed E-state index contributed by atoms with van der Waals surface area (Å²) >= 11 is 0. The minimum absolute atomic E-state index is 0.139. The van der Waals surface area contributed by atoms with E-state index in [2.05, 4.69) is 31.0 Å². The molecule has 4 heteroatoms. The zero-order chi connectivity index (χ0) is 11.2. The second-order valence-corrected chi connectivity index (χ2v) is 2.82. The lowest BCUT2D eigenvalue weighted by molar-refractivity contribution is 0.267. The molecule has 0 radical (unpaired) electrons. The Balaban J connectivity index is 0. The molecule has 14 heavy (non-hydrogen) atoms. The van der Waals surface area contributed by atoms with Gasteiger partial charge in [-0.2, -0.15) is 0 Å². The van der Waals surface area contributed by atoms with Crippen LogP contribution in [0.25, 0.3) is 0 Å². The fourth-order valence-corrected chi connectivity index (χ4v) is 0.954. The van der Waals surface area contributed by atoms with Gasteiger partial charge < -0.3 is 20.4 Å².